The van der Waals surface area contributed by atoms with Gasteiger partial charge in [-0.3, -0.25) is 4.79 Å². The van der Waals surface area contributed by atoms with Gasteiger partial charge in [-0.15, -0.1) is 0 Å². The summed E-state index contributed by atoms with van der Waals surface area (Å²) in [5, 5.41) is 2.77. The zero-order valence-corrected chi connectivity index (χ0v) is 8.91. The van der Waals surface area contributed by atoms with E-state index in [1.54, 1.807) is 12.1 Å². The first-order valence-electron chi connectivity index (χ1n) is 5.39. The fourth-order valence-electron chi connectivity index (χ4n) is 1.69. The molecule has 1 aliphatic rings. The Labute approximate surface area is 93.6 Å². The molecule has 2 rings (SSSR count). The number of ether oxygens (including phenoxy) is 1. The molecule has 1 fully saturated rings. The van der Waals surface area contributed by atoms with Gasteiger partial charge in [0.2, 0.25) is 5.91 Å². The zero-order valence-electron chi connectivity index (χ0n) is 8.91. The number of rotatable bonds is 3. The molecule has 1 N–H and O–H groups in total. The van der Waals surface area contributed by atoms with Crippen LogP contribution in [0.1, 0.15) is 18.4 Å². The molecule has 1 aliphatic heterocycles. The number of hydrogen-bond donors (Lipinski definition) is 1. The van der Waals surface area contributed by atoms with E-state index in [0.29, 0.717) is 13.2 Å². The van der Waals surface area contributed by atoms with Crippen LogP contribution in [0.3, 0.4) is 0 Å². The molecule has 0 aliphatic carbocycles. The number of benzene rings is 1. The van der Waals surface area contributed by atoms with Crippen LogP contribution >= 0.6 is 0 Å². The molecule has 1 atom stereocenters. The van der Waals surface area contributed by atoms with Gasteiger partial charge in [0.1, 0.15) is 11.9 Å². The summed E-state index contributed by atoms with van der Waals surface area (Å²) in [5.74, 6) is -0.351. The van der Waals surface area contributed by atoms with Gasteiger partial charge in [0.15, 0.2) is 0 Å². The van der Waals surface area contributed by atoms with Crippen molar-refractivity contribution in [3.05, 3.63) is 35.6 Å². The van der Waals surface area contributed by atoms with E-state index < -0.39 is 0 Å². The molecule has 1 aromatic carbocycles. The molecule has 1 aromatic rings. The maximum atomic E-state index is 12.6. The van der Waals surface area contributed by atoms with E-state index in [4.69, 9.17) is 4.74 Å². The number of amides is 1. The third-order valence-corrected chi connectivity index (χ3v) is 2.60. The highest BCUT2D eigenvalue weighted by atomic mass is 19.1. The molecule has 1 saturated heterocycles. The maximum Gasteiger partial charge on any atom is 0.249 e. The first-order chi connectivity index (χ1) is 7.75. The number of carbonyl (C=O) groups is 1. The van der Waals surface area contributed by atoms with Crippen molar-refractivity contribution in [1.29, 1.82) is 0 Å². The zero-order chi connectivity index (χ0) is 11.4. The number of nitrogens with one attached hydrogen (secondary N) is 1. The Kier molecular flexibility index (Phi) is 3.51. The van der Waals surface area contributed by atoms with Crippen LogP contribution in [-0.2, 0) is 16.1 Å². The minimum absolute atomic E-state index is 0.0816. The van der Waals surface area contributed by atoms with Crippen LogP contribution in [0.15, 0.2) is 24.3 Å². The van der Waals surface area contributed by atoms with Crippen LogP contribution in [0.4, 0.5) is 4.39 Å². The largest absolute Gasteiger partial charge is 0.368 e. The summed E-state index contributed by atoms with van der Waals surface area (Å²) < 4.78 is 17.9. The molecule has 0 aromatic heterocycles. The second kappa shape index (κ2) is 5.07. The minimum Gasteiger partial charge on any atom is -0.368 e. The molecule has 1 unspecified atom stereocenters. The van der Waals surface area contributed by atoms with Gasteiger partial charge in [0.25, 0.3) is 0 Å². The molecule has 16 heavy (non-hydrogen) atoms. The highest BCUT2D eigenvalue weighted by Crippen LogP contribution is 2.12. The fourth-order valence-corrected chi connectivity index (χ4v) is 1.69. The Morgan fingerprint density at radius 2 is 2.19 bits per heavy atom. The van der Waals surface area contributed by atoms with Crippen LogP contribution in [0.25, 0.3) is 0 Å². The third kappa shape index (κ3) is 2.79. The average molecular weight is 223 g/mol. The van der Waals surface area contributed by atoms with Crippen molar-refractivity contribution in [2.75, 3.05) is 6.61 Å². The molecule has 0 bridgehead atoms. The molecule has 0 spiro atoms. The summed E-state index contributed by atoms with van der Waals surface area (Å²) >= 11 is 0. The van der Waals surface area contributed by atoms with Crippen molar-refractivity contribution in [3.63, 3.8) is 0 Å². The number of hydrogen-bond acceptors (Lipinski definition) is 2. The van der Waals surface area contributed by atoms with E-state index >= 15 is 0 Å². The summed E-state index contributed by atoms with van der Waals surface area (Å²) in [4.78, 5) is 11.6. The fraction of sp³-hybridized carbons (Fsp3) is 0.417. The van der Waals surface area contributed by atoms with Crippen LogP contribution < -0.4 is 5.32 Å². The van der Waals surface area contributed by atoms with Gasteiger partial charge in [-0.05, 0) is 30.5 Å². The Morgan fingerprint density at radius 3 is 2.81 bits per heavy atom. The maximum absolute atomic E-state index is 12.6. The van der Waals surface area contributed by atoms with Gasteiger partial charge in [0, 0.05) is 13.2 Å². The van der Waals surface area contributed by atoms with E-state index in [2.05, 4.69) is 5.32 Å². The van der Waals surface area contributed by atoms with Crippen molar-refractivity contribution >= 4 is 5.91 Å². The lowest BCUT2D eigenvalue weighted by Gasteiger charge is -2.10. The second-order valence-electron chi connectivity index (χ2n) is 3.85. The quantitative estimate of drug-likeness (QED) is 0.845. The van der Waals surface area contributed by atoms with E-state index in [-0.39, 0.29) is 17.8 Å². The molecule has 86 valence electrons. The number of carbonyl (C=O) groups excluding carboxylic acids is 1. The van der Waals surface area contributed by atoms with Gasteiger partial charge in [-0.25, -0.2) is 4.39 Å². The first kappa shape index (κ1) is 11.1. The summed E-state index contributed by atoms with van der Waals surface area (Å²) in [5.41, 5.74) is 0.882. The lowest BCUT2D eigenvalue weighted by molar-refractivity contribution is -0.130. The van der Waals surface area contributed by atoms with E-state index in [0.717, 1.165) is 18.4 Å². The monoisotopic (exact) mass is 223 g/mol. The van der Waals surface area contributed by atoms with Crippen molar-refractivity contribution < 1.29 is 13.9 Å². The molecule has 3 nitrogen and oxygen atoms in total. The lowest BCUT2D eigenvalue weighted by Crippen LogP contribution is -2.33. The standard InChI is InChI=1S/C12H14FNO2/c13-10-5-3-9(4-6-10)8-14-12(15)11-2-1-7-16-11/h3-6,11H,1-2,7-8H2,(H,14,15). The van der Waals surface area contributed by atoms with E-state index in [1.807, 2.05) is 0 Å². The summed E-state index contributed by atoms with van der Waals surface area (Å²) in [6.45, 7) is 1.08. The molecule has 1 heterocycles. The molecule has 4 heteroatoms. The van der Waals surface area contributed by atoms with E-state index in [1.165, 1.54) is 12.1 Å². The van der Waals surface area contributed by atoms with Gasteiger partial charge >= 0.3 is 0 Å². The summed E-state index contributed by atoms with van der Waals surface area (Å²) in [7, 11) is 0. The lowest BCUT2D eigenvalue weighted by atomic mass is 10.2. The average Bonchev–Trinajstić information content (AvgIpc) is 2.81. The highest BCUT2D eigenvalue weighted by molar-refractivity contribution is 5.80. The molecule has 0 saturated carbocycles. The van der Waals surface area contributed by atoms with Crippen LogP contribution in [0.5, 0.6) is 0 Å². The highest BCUT2D eigenvalue weighted by Gasteiger charge is 2.22. The third-order valence-electron chi connectivity index (χ3n) is 2.60. The second-order valence-corrected chi connectivity index (χ2v) is 3.85. The SMILES string of the molecule is O=C(NCc1ccc(F)cc1)C1CCCO1. The summed E-state index contributed by atoms with van der Waals surface area (Å²) in [6, 6.07) is 6.08. The van der Waals surface area contributed by atoms with Crippen molar-refractivity contribution in [2.24, 2.45) is 0 Å². The van der Waals surface area contributed by atoms with Crippen LogP contribution in [-0.4, -0.2) is 18.6 Å². The number of halogens is 1. The van der Waals surface area contributed by atoms with Crippen molar-refractivity contribution in [3.8, 4) is 0 Å². The first-order valence-corrected chi connectivity index (χ1v) is 5.39. The molecular weight excluding hydrogens is 209 g/mol. The normalized spacial score (nSPS) is 19.7. The predicted octanol–water partition coefficient (Wildman–Crippen LogP) is 1.62. The minimum atomic E-state index is -0.305. The smallest absolute Gasteiger partial charge is 0.249 e. The Morgan fingerprint density at radius 1 is 1.44 bits per heavy atom. The van der Waals surface area contributed by atoms with Crippen molar-refractivity contribution in [1.82, 2.24) is 5.32 Å². The predicted molar refractivity (Wildman–Crippen MR) is 57.2 cm³/mol. The molecule has 1 amide bonds. The Balaban J connectivity index is 1.82. The van der Waals surface area contributed by atoms with Gasteiger partial charge < -0.3 is 10.1 Å². The Hall–Kier alpha value is -1.42. The van der Waals surface area contributed by atoms with Crippen molar-refractivity contribution in [2.45, 2.75) is 25.5 Å². The van der Waals surface area contributed by atoms with Crippen LogP contribution in [0, 0.1) is 5.82 Å². The molecule has 0 radical (unpaired) electrons. The van der Waals surface area contributed by atoms with Gasteiger partial charge in [0.05, 0.1) is 0 Å². The molecular formula is C12H14FNO2. The van der Waals surface area contributed by atoms with Crippen LogP contribution in [0.2, 0.25) is 0 Å². The van der Waals surface area contributed by atoms with Gasteiger partial charge in [-0.2, -0.15) is 0 Å². The summed E-state index contributed by atoms with van der Waals surface area (Å²) in [6.07, 6.45) is 1.42. The van der Waals surface area contributed by atoms with E-state index in [9.17, 15) is 9.18 Å². The Bertz CT molecular complexity index is 358. The topological polar surface area (TPSA) is 38.3 Å². The van der Waals surface area contributed by atoms with Gasteiger partial charge in [-0.1, -0.05) is 12.1 Å².